The maximum atomic E-state index is 12.0. The van der Waals surface area contributed by atoms with Crippen LogP contribution in [0.2, 0.25) is 0 Å². The van der Waals surface area contributed by atoms with E-state index in [9.17, 15) is 19.5 Å². The Morgan fingerprint density at radius 1 is 1.24 bits per heavy atom. The minimum Gasteiger partial charge on any atom is -0.479 e. The number of rotatable bonds is 5. The number of nitrogens with one attached hydrogen (secondary N) is 1. The number of piperidine rings is 1. The molecule has 1 aliphatic heterocycles. The molecule has 1 aliphatic rings. The van der Waals surface area contributed by atoms with Crippen LogP contribution in [0.3, 0.4) is 0 Å². The number of amides is 2. The number of likely N-dealkylation sites (tertiary alicyclic amines) is 1. The Kier molecular flexibility index (Phi) is 4.92. The molecule has 0 saturated carbocycles. The normalized spacial score (nSPS) is 16.4. The molecule has 1 atom stereocenters. The molecule has 2 N–H and O–H groups in total. The third-order valence-corrected chi connectivity index (χ3v) is 3.44. The molecule has 0 aromatic heterocycles. The SMILES string of the molecule is O=C(CN1CCCCC1=O)N[C@H](C(=O)O)c1ccccc1. The summed E-state index contributed by atoms with van der Waals surface area (Å²) in [5.74, 6) is -1.64. The highest BCUT2D eigenvalue weighted by molar-refractivity contribution is 5.88. The fourth-order valence-electron chi connectivity index (χ4n) is 2.34. The number of hydrogen-bond donors (Lipinski definition) is 2. The summed E-state index contributed by atoms with van der Waals surface area (Å²) in [5, 5.41) is 11.7. The number of carboxylic acid groups (broad SMARTS) is 1. The Morgan fingerprint density at radius 2 is 1.95 bits per heavy atom. The third kappa shape index (κ3) is 4.05. The van der Waals surface area contributed by atoms with Crippen LogP contribution in [-0.2, 0) is 14.4 Å². The van der Waals surface area contributed by atoms with Gasteiger partial charge in [0.2, 0.25) is 11.8 Å². The van der Waals surface area contributed by atoms with Gasteiger partial charge in [0, 0.05) is 13.0 Å². The zero-order chi connectivity index (χ0) is 15.2. The van der Waals surface area contributed by atoms with E-state index >= 15 is 0 Å². The topological polar surface area (TPSA) is 86.7 Å². The number of benzene rings is 1. The standard InChI is InChI=1S/C15H18N2O4/c18-12(10-17-9-5-4-8-13(17)19)16-14(15(20)21)11-6-2-1-3-7-11/h1-3,6-7,14H,4-5,8-10H2,(H,16,18)(H,20,21)/t14-/m0/s1. The number of nitrogens with zero attached hydrogens (tertiary/aromatic N) is 1. The lowest BCUT2D eigenvalue weighted by atomic mass is 10.1. The van der Waals surface area contributed by atoms with Gasteiger partial charge < -0.3 is 15.3 Å². The first kappa shape index (κ1) is 15.0. The molecule has 1 saturated heterocycles. The number of carboxylic acids is 1. The van der Waals surface area contributed by atoms with Crippen molar-refractivity contribution in [3.63, 3.8) is 0 Å². The number of aliphatic carboxylic acids is 1. The van der Waals surface area contributed by atoms with Gasteiger partial charge in [-0.3, -0.25) is 9.59 Å². The maximum absolute atomic E-state index is 12.0. The Morgan fingerprint density at radius 3 is 2.57 bits per heavy atom. The number of carbonyl (C=O) groups excluding carboxylic acids is 2. The Bertz CT molecular complexity index is 530. The van der Waals surface area contributed by atoms with E-state index < -0.39 is 17.9 Å². The second-order valence-electron chi connectivity index (χ2n) is 5.02. The van der Waals surface area contributed by atoms with Crippen LogP contribution >= 0.6 is 0 Å². The molecular formula is C15H18N2O4. The molecule has 0 radical (unpaired) electrons. The van der Waals surface area contributed by atoms with Crippen LogP contribution in [-0.4, -0.2) is 40.9 Å². The number of carbonyl (C=O) groups is 3. The summed E-state index contributed by atoms with van der Waals surface area (Å²) >= 11 is 0. The van der Waals surface area contributed by atoms with Gasteiger partial charge in [-0.05, 0) is 18.4 Å². The predicted molar refractivity (Wildman–Crippen MR) is 75.4 cm³/mol. The van der Waals surface area contributed by atoms with Crippen molar-refractivity contribution in [1.82, 2.24) is 10.2 Å². The molecule has 1 aromatic carbocycles. The molecule has 2 rings (SSSR count). The first-order valence-corrected chi connectivity index (χ1v) is 6.93. The molecule has 112 valence electrons. The van der Waals surface area contributed by atoms with Gasteiger partial charge >= 0.3 is 5.97 Å². The van der Waals surface area contributed by atoms with Gasteiger partial charge in [0.15, 0.2) is 6.04 Å². The van der Waals surface area contributed by atoms with Crippen LogP contribution < -0.4 is 5.32 Å². The van der Waals surface area contributed by atoms with Gasteiger partial charge in [-0.1, -0.05) is 30.3 Å². The van der Waals surface area contributed by atoms with Gasteiger partial charge in [0.25, 0.3) is 0 Å². The Labute approximate surface area is 122 Å². The molecule has 6 nitrogen and oxygen atoms in total. The Balaban J connectivity index is 1.99. The second kappa shape index (κ2) is 6.88. The van der Waals surface area contributed by atoms with Crippen molar-refractivity contribution >= 4 is 17.8 Å². The molecule has 0 unspecified atom stereocenters. The van der Waals surface area contributed by atoms with Gasteiger partial charge in [0.1, 0.15) is 0 Å². The number of hydrogen-bond acceptors (Lipinski definition) is 3. The fraction of sp³-hybridized carbons (Fsp3) is 0.400. The third-order valence-electron chi connectivity index (χ3n) is 3.44. The highest BCUT2D eigenvalue weighted by atomic mass is 16.4. The zero-order valence-corrected chi connectivity index (χ0v) is 11.6. The van der Waals surface area contributed by atoms with Crippen molar-refractivity contribution in [2.24, 2.45) is 0 Å². The van der Waals surface area contributed by atoms with Crippen LogP contribution in [0.4, 0.5) is 0 Å². The van der Waals surface area contributed by atoms with E-state index in [1.165, 1.54) is 4.90 Å². The van der Waals surface area contributed by atoms with E-state index in [4.69, 9.17) is 0 Å². The molecule has 21 heavy (non-hydrogen) atoms. The fourth-order valence-corrected chi connectivity index (χ4v) is 2.34. The van der Waals surface area contributed by atoms with Crippen molar-refractivity contribution in [2.75, 3.05) is 13.1 Å². The molecule has 0 bridgehead atoms. The van der Waals surface area contributed by atoms with Crippen LogP contribution in [0.15, 0.2) is 30.3 Å². The molecule has 1 fully saturated rings. The zero-order valence-electron chi connectivity index (χ0n) is 11.6. The molecule has 2 amide bonds. The van der Waals surface area contributed by atoms with Crippen molar-refractivity contribution in [3.05, 3.63) is 35.9 Å². The lowest BCUT2D eigenvalue weighted by Crippen LogP contribution is -2.45. The van der Waals surface area contributed by atoms with E-state index in [0.717, 1.165) is 12.8 Å². The van der Waals surface area contributed by atoms with E-state index in [-0.39, 0.29) is 12.5 Å². The van der Waals surface area contributed by atoms with Gasteiger partial charge in [-0.25, -0.2) is 4.79 Å². The molecule has 1 heterocycles. The van der Waals surface area contributed by atoms with E-state index in [0.29, 0.717) is 18.5 Å². The minimum absolute atomic E-state index is 0.0528. The first-order chi connectivity index (χ1) is 10.1. The lowest BCUT2D eigenvalue weighted by Gasteiger charge is -2.26. The summed E-state index contributed by atoms with van der Waals surface area (Å²) in [4.78, 5) is 36.4. The molecule has 0 aliphatic carbocycles. The van der Waals surface area contributed by atoms with Gasteiger partial charge in [0.05, 0.1) is 6.54 Å². The summed E-state index contributed by atoms with van der Waals surface area (Å²) in [5.41, 5.74) is 0.503. The van der Waals surface area contributed by atoms with Gasteiger partial charge in [-0.2, -0.15) is 0 Å². The maximum Gasteiger partial charge on any atom is 0.330 e. The molecule has 6 heteroatoms. The first-order valence-electron chi connectivity index (χ1n) is 6.93. The van der Waals surface area contributed by atoms with E-state index in [1.54, 1.807) is 30.3 Å². The van der Waals surface area contributed by atoms with E-state index in [1.807, 2.05) is 0 Å². The predicted octanol–water partition coefficient (Wildman–Crippen LogP) is 0.941. The van der Waals surface area contributed by atoms with Crippen LogP contribution in [0, 0.1) is 0 Å². The summed E-state index contributed by atoms with van der Waals surface area (Å²) in [6, 6.07) is 7.39. The average molecular weight is 290 g/mol. The van der Waals surface area contributed by atoms with Crippen molar-refractivity contribution < 1.29 is 19.5 Å². The average Bonchev–Trinajstić information content (AvgIpc) is 2.48. The molecule has 1 aromatic rings. The summed E-state index contributed by atoms with van der Waals surface area (Å²) < 4.78 is 0. The molecular weight excluding hydrogens is 272 g/mol. The smallest absolute Gasteiger partial charge is 0.330 e. The quantitative estimate of drug-likeness (QED) is 0.845. The summed E-state index contributed by atoms with van der Waals surface area (Å²) in [7, 11) is 0. The van der Waals surface area contributed by atoms with Crippen LogP contribution in [0.5, 0.6) is 0 Å². The monoisotopic (exact) mass is 290 g/mol. The Hall–Kier alpha value is -2.37. The summed E-state index contributed by atoms with van der Waals surface area (Å²) in [6.07, 6.45) is 2.17. The lowest BCUT2D eigenvalue weighted by molar-refractivity contribution is -0.143. The summed E-state index contributed by atoms with van der Waals surface area (Å²) in [6.45, 7) is 0.463. The second-order valence-corrected chi connectivity index (χ2v) is 5.02. The van der Waals surface area contributed by atoms with Crippen LogP contribution in [0.1, 0.15) is 30.9 Å². The van der Waals surface area contributed by atoms with Crippen molar-refractivity contribution in [2.45, 2.75) is 25.3 Å². The van der Waals surface area contributed by atoms with E-state index in [2.05, 4.69) is 5.32 Å². The van der Waals surface area contributed by atoms with Crippen molar-refractivity contribution in [1.29, 1.82) is 0 Å². The highest BCUT2D eigenvalue weighted by Gasteiger charge is 2.25. The highest BCUT2D eigenvalue weighted by Crippen LogP contribution is 2.14. The van der Waals surface area contributed by atoms with Crippen LogP contribution in [0.25, 0.3) is 0 Å². The van der Waals surface area contributed by atoms with Crippen molar-refractivity contribution in [3.8, 4) is 0 Å². The molecule has 0 spiro atoms. The minimum atomic E-state index is -1.13. The largest absolute Gasteiger partial charge is 0.479 e. The van der Waals surface area contributed by atoms with Gasteiger partial charge in [-0.15, -0.1) is 0 Å².